The van der Waals surface area contributed by atoms with E-state index in [2.05, 4.69) is 10.3 Å². The van der Waals surface area contributed by atoms with Crippen molar-refractivity contribution < 1.29 is 9.59 Å². The van der Waals surface area contributed by atoms with Crippen LogP contribution in [0.4, 0.5) is 9.93 Å². The number of nitrogens with one attached hydrogen (secondary N) is 1. The molecule has 0 atom stereocenters. The zero-order chi connectivity index (χ0) is 14.1. The fourth-order valence-electron chi connectivity index (χ4n) is 2.76. The molecule has 2 aliphatic rings. The molecule has 20 heavy (non-hydrogen) atoms. The van der Waals surface area contributed by atoms with Crippen LogP contribution < -0.4 is 11.1 Å². The maximum absolute atomic E-state index is 12.2. The van der Waals surface area contributed by atoms with Gasteiger partial charge in [-0.05, 0) is 12.8 Å². The molecule has 1 aromatic rings. The molecule has 2 aliphatic heterocycles. The second-order valence-corrected chi connectivity index (χ2v) is 5.91. The van der Waals surface area contributed by atoms with Gasteiger partial charge >= 0.3 is 6.03 Å². The number of hydrogen-bond donors (Lipinski definition) is 2. The molecule has 0 bridgehead atoms. The van der Waals surface area contributed by atoms with Crippen molar-refractivity contribution in [3.8, 4) is 0 Å². The number of urea groups is 1. The number of carbonyl (C=O) groups excluding carboxylic acids is 2. The highest BCUT2D eigenvalue weighted by Crippen LogP contribution is 2.20. The summed E-state index contributed by atoms with van der Waals surface area (Å²) in [7, 11) is 0. The van der Waals surface area contributed by atoms with Crippen molar-refractivity contribution in [1.29, 1.82) is 0 Å². The van der Waals surface area contributed by atoms with Gasteiger partial charge in [-0.15, -0.1) is 11.3 Å². The number of amides is 3. The van der Waals surface area contributed by atoms with Gasteiger partial charge in [0.1, 0.15) is 5.69 Å². The highest BCUT2D eigenvalue weighted by atomic mass is 32.1. The van der Waals surface area contributed by atoms with Gasteiger partial charge < -0.3 is 20.9 Å². The van der Waals surface area contributed by atoms with Crippen molar-refractivity contribution in [2.45, 2.75) is 18.9 Å². The Labute approximate surface area is 120 Å². The summed E-state index contributed by atoms with van der Waals surface area (Å²) in [5.41, 5.74) is 5.97. The first-order valence-corrected chi connectivity index (χ1v) is 7.58. The Morgan fingerprint density at radius 2 is 2.15 bits per heavy atom. The van der Waals surface area contributed by atoms with Crippen LogP contribution in [0.5, 0.6) is 0 Å². The number of piperidine rings is 1. The lowest BCUT2D eigenvalue weighted by molar-refractivity contribution is 0.0661. The quantitative estimate of drug-likeness (QED) is 0.824. The van der Waals surface area contributed by atoms with Gasteiger partial charge in [0.05, 0.1) is 0 Å². The topological polar surface area (TPSA) is 91.6 Å². The third kappa shape index (κ3) is 2.43. The van der Waals surface area contributed by atoms with Crippen molar-refractivity contribution in [1.82, 2.24) is 20.1 Å². The van der Waals surface area contributed by atoms with E-state index in [4.69, 9.17) is 5.73 Å². The van der Waals surface area contributed by atoms with Crippen molar-refractivity contribution >= 4 is 28.4 Å². The second-order valence-electron chi connectivity index (χ2n) is 5.02. The molecule has 0 aromatic carbocycles. The number of thiazole rings is 1. The molecular formula is C12H17N5O2S. The lowest BCUT2D eigenvalue weighted by Gasteiger charge is -2.35. The largest absolute Gasteiger partial charge is 0.375 e. The maximum atomic E-state index is 12.2. The van der Waals surface area contributed by atoms with Crippen molar-refractivity contribution in [2.75, 3.05) is 31.9 Å². The van der Waals surface area contributed by atoms with Crippen LogP contribution in [-0.4, -0.2) is 58.9 Å². The molecule has 0 spiro atoms. The summed E-state index contributed by atoms with van der Waals surface area (Å²) in [6, 6.07) is 0.254. The minimum Gasteiger partial charge on any atom is -0.375 e. The normalized spacial score (nSPS) is 20.3. The van der Waals surface area contributed by atoms with E-state index in [1.807, 2.05) is 4.90 Å². The minimum atomic E-state index is -0.0673. The van der Waals surface area contributed by atoms with Crippen LogP contribution in [0, 0.1) is 0 Å². The number of aromatic nitrogens is 1. The third-order valence-corrected chi connectivity index (χ3v) is 4.50. The van der Waals surface area contributed by atoms with Gasteiger partial charge in [0.25, 0.3) is 5.91 Å². The number of nitrogens with two attached hydrogens (primary N) is 1. The first-order chi connectivity index (χ1) is 9.65. The molecule has 3 amide bonds. The summed E-state index contributed by atoms with van der Waals surface area (Å²) >= 11 is 1.28. The Balaban J connectivity index is 1.58. The number of likely N-dealkylation sites (tertiary alicyclic amines) is 1. The van der Waals surface area contributed by atoms with Crippen LogP contribution in [0.3, 0.4) is 0 Å². The molecule has 3 rings (SSSR count). The second kappa shape index (κ2) is 5.28. The standard InChI is InChI=1S/C12H17N5O2S/c13-11-15-9(7-20-11)10(18)16-4-1-8(2-5-16)17-6-3-14-12(17)19/h7-8H,1-6H2,(H2,13,15)(H,14,19). The summed E-state index contributed by atoms with van der Waals surface area (Å²) < 4.78 is 0. The van der Waals surface area contributed by atoms with Crippen LogP contribution in [0.15, 0.2) is 5.38 Å². The van der Waals surface area contributed by atoms with Crippen LogP contribution in [0.2, 0.25) is 0 Å². The lowest BCUT2D eigenvalue weighted by Crippen LogP contribution is -2.47. The first kappa shape index (κ1) is 13.2. The Bertz CT molecular complexity index is 524. The monoisotopic (exact) mass is 295 g/mol. The highest BCUT2D eigenvalue weighted by Gasteiger charge is 2.32. The van der Waals surface area contributed by atoms with Gasteiger partial charge in [-0.3, -0.25) is 4.79 Å². The van der Waals surface area contributed by atoms with E-state index in [0.717, 1.165) is 25.9 Å². The number of nitrogen functional groups attached to an aromatic ring is 1. The van der Waals surface area contributed by atoms with E-state index < -0.39 is 0 Å². The van der Waals surface area contributed by atoms with Gasteiger partial charge in [0.2, 0.25) is 0 Å². The zero-order valence-electron chi connectivity index (χ0n) is 11.0. The number of anilines is 1. The average Bonchev–Trinajstić information content (AvgIpc) is 3.07. The lowest BCUT2D eigenvalue weighted by atomic mass is 10.0. The fraction of sp³-hybridized carbons (Fsp3) is 0.583. The Hall–Kier alpha value is -1.83. The van der Waals surface area contributed by atoms with Gasteiger partial charge in [-0.2, -0.15) is 0 Å². The van der Waals surface area contributed by atoms with Crippen molar-refractivity contribution in [2.24, 2.45) is 0 Å². The van der Waals surface area contributed by atoms with Crippen molar-refractivity contribution in [3.63, 3.8) is 0 Å². The predicted molar refractivity (Wildman–Crippen MR) is 75.6 cm³/mol. The Kier molecular flexibility index (Phi) is 3.47. The number of rotatable bonds is 2. The summed E-state index contributed by atoms with van der Waals surface area (Å²) in [5, 5.41) is 4.92. The molecule has 108 valence electrons. The molecule has 3 heterocycles. The van der Waals surface area contributed by atoms with Crippen molar-refractivity contribution in [3.05, 3.63) is 11.1 Å². The van der Waals surface area contributed by atoms with Gasteiger partial charge in [0.15, 0.2) is 5.13 Å². The Morgan fingerprint density at radius 1 is 1.40 bits per heavy atom. The van der Waals surface area contributed by atoms with E-state index in [9.17, 15) is 9.59 Å². The number of hydrogen-bond acceptors (Lipinski definition) is 5. The van der Waals surface area contributed by atoms with Crippen LogP contribution in [0.25, 0.3) is 0 Å². The molecule has 7 nitrogen and oxygen atoms in total. The van der Waals surface area contributed by atoms with E-state index in [-0.39, 0.29) is 18.0 Å². The molecule has 2 saturated heterocycles. The number of carbonyl (C=O) groups is 2. The van der Waals surface area contributed by atoms with Gasteiger partial charge in [-0.25, -0.2) is 9.78 Å². The van der Waals surface area contributed by atoms with Crippen LogP contribution >= 0.6 is 11.3 Å². The molecule has 3 N–H and O–H groups in total. The fourth-order valence-corrected chi connectivity index (χ4v) is 3.30. The number of nitrogens with zero attached hydrogens (tertiary/aromatic N) is 3. The smallest absolute Gasteiger partial charge is 0.317 e. The Morgan fingerprint density at radius 3 is 2.70 bits per heavy atom. The van der Waals surface area contributed by atoms with E-state index >= 15 is 0 Å². The van der Waals surface area contributed by atoms with E-state index in [0.29, 0.717) is 23.9 Å². The zero-order valence-corrected chi connectivity index (χ0v) is 11.9. The minimum absolute atomic E-state index is 0.0158. The van der Waals surface area contributed by atoms with Crippen LogP contribution in [-0.2, 0) is 0 Å². The summed E-state index contributed by atoms with van der Waals surface area (Å²) in [6.07, 6.45) is 1.64. The predicted octanol–water partition coefficient (Wildman–Crippen LogP) is 0.355. The van der Waals surface area contributed by atoms with Crippen LogP contribution in [0.1, 0.15) is 23.3 Å². The first-order valence-electron chi connectivity index (χ1n) is 6.70. The van der Waals surface area contributed by atoms with E-state index in [1.54, 1.807) is 10.3 Å². The summed E-state index contributed by atoms with van der Waals surface area (Å²) in [6.45, 7) is 2.80. The maximum Gasteiger partial charge on any atom is 0.317 e. The molecule has 8 heteroatoms. The highest BCUT2D eigenvalue weighted by molar-refractivity contribution is 7.13. The molecule has 0 radical (unpaired) electrons. The third-order valence-electron chi connectivity index (χ3n) is 3.82. The summed E-state index contributed by atoms with van der Waals surface area (Å²) in [5.74, 6) is -0.0673. The molecule has 0 aliphatic carbocycles. The summed E-state index contributed by atoms with van der Waals surface area (Å²) in [4.78, 5) is 31.5. The average molecular weight is 295 g/mol. The molecular weight excluding hydrogens is 278 g/mol. The molecule has 0 saturated carbocycles. The van der Waals surface area contributed by atoms with Gasteiger partial charge in [-0.1, -0.05) is 0 Å². The molecule has 2 fully saturated rings. The molecule has 0 unspecified atom stereocenters. The molecule has 1 aromatic heterocycles. The SMILES string of the molecule is Nc1nc(C(=O)N2CCC(N3CCNC3=O)CC2)cs1. The van der Waals surface area contributed by atoms with Gasteiger partial charge in [0, 0.05) is 37.6 Å². The van der Waals surface area contributed by atoms with E-state index in [1.165, 1.54) is 11.3 Å².